The first-order valence-electron chi connectivity index (χ1n) is 10.6. The van der Waals surface area contributed by atoms with E-state index in [1.54, 1.807) is 0 Å². The van der Waals surface area contributed by atoms with Crippen LogP contribution in [0.3, 0.4) is 0 Å². The summed E-state index contributed by atoms with van der Waals surface area (Å²) in [7, 11) is 0. The van der Waals surface area contributed by atoms with Crippen molar-refractivity contribution in [2.24, 2.45) is 0 Å². The molecule has 1 aromatic heterocycles. The molecule has 2 amide bonds. The molecule has 220 valence electrons. The van der Waals surface area contributed by atoms with E-state index in [2.05, 4.69) is 26.0 Å². The van der Waals surface area contributed by atoms with Crippen molar-refractivity contribution in [1.29, 1.82) is 0 Å². The normalized spacial score (nSPS) is 13.5. The minimum atomic E-state index is -6.27. The average molecular weight is 725 g/mol. The van der Waals surface area contributed by atoms with Crippen molar-refractivity contribution < 1.29 is 58.6 Å². The van der Waals surface area contributed by atoms with Crippen LogP contribution in [-0.2, 0) is 5.67 Å². The van der Waals surface area contributed by atoms with Crippen LogP contribution in [0.25, 0.3) is 0 Å². The van der Waals surface area contributed by atoms with Crippen LogP contribution in [0.2, 0.25) is 0 Å². The van der Waals surface area contributed by atoms with E-state index in [4.69, 9.17) is 0 Å². The van der Waals surface area contributed by atoms with Gasteiger partial charge in [-0.15, -0.1) is 0 Å². The Bertz CT molecular complexity index is 1450. The van der Waals surface area contributed by atoms with Gasteiger partial charge in [-0.1, -0.05) is 6.07 Å². The summed E-state index contributed by atoms with van der Waals surface area (Å²) in [6, 6.07) is 5.23. The zero-order chi connectivity index (χ0) is 30.9. The van der Waals surface area contributed by atoms with Gasteiger partial charge in [-0.25, -0.2) is 8.78 Å². The number of anilines is 2. The highest BCUT2D eigenvalue weighted by Gasteiger charge is 2.71. The second kappa shape index (κ2) is 11.8. The monoisotopic (exact) mass is 723 g/mol. The molecule has 0 saturated carbocycles. The van der Waals surface area contributed by atoms with Crippen LogP contribution in [0.5, 0.6) is 5.75 Å². The number of hydrogen-bond acceptors (Lipinski definition) is 4. The topological polar surface area (TPSA) is 94.4 Å². The molecule has 1 heterocycles. The quantitative estimate of drug-likeness (QED) is 0.113. The van der Waals surface area contributed by atoms with Crippen LogP contribution in [-0.4, -0.2) is 29.4 Å². The van der Waals surface area contributed by atoms with Gasteiger partial charge >= 0.3 is 23.3 Å². The molecule has 0 bridgehead atoms. The van der Waals surface area contributed by atoms with Gasteiger partial charge in [-0.2, -0.15) is 35.5 Å². The van der Waals surface area contributed by atoms with E-state index >= 15 is 4.39 Å². The van der Waals surface area contributed by atoms with Crippen molar-refractivity contribution in [3.05, 3.63) is 87.0 Å². The fourth-order valence-corrected chi connectivity index (χ4v) is 4.32. The number of halogens is 11. The van der Waals surface area contributed by atoms with E-state index in [0.29, 0.717) is 4.73 Å². The summed E-state index contributed by atoms with van der Waals surface area (Å²) < 4.78 is 127. The third-order valence-electron chi connectivity index (χ3n) is 5.24. The summed E-state index contributed by atoms with van der Waals surface area (Å²) in [5.74, 6) is -5.05. The lowest BCUT2D eigenvalue weighted by atomic mass is 9.94. The lowest BCUT2D eigenvalue weighted by Gasteiger charge is -2.32. The van der Waals surface area contributed by atoms with Crippen molar-refractivity contribution in [3.63, 3.8) is 0 Å². The van der Waals surface area contributed by atoms with Crippen LogP contribution < -0.4 is 20.1 Å². The molecular formula is C23H12Br2F9N3O4. The number of benzene rings is 2. The number of alkyl halides is 9. The first kappa shape index (κ1) is 32.0. The number of nitrogens with zero attached hydrogens (tertiary/aromatic N) is 1. The predicted molar refractivity (Wildman–Crippen MR) is 131 cm³/mol. The second-order valence-corrected chi connectivity index (χ2v) is 9.74. The van der Waals surface area contributed by atoms with Gasteiger partial charge in [0.1, 0.15) is 0 Å². The Hall–Kier alpha value is -3.54. The Balaban J connectivity index is 2.01. The lowest BCUT2D eigenvalue weighted by Crippen LogP contribution is -2.49. The average Bonchev–Trinajstić information content (AvgIpc) is 2.85. The second-order valence-electron chi connectivity index (χ2n) is 7.89. The van der Waals surface area contributed by atoms with Crippen molar-refractivity contribution in [1.82, 2.24) is 0 Å². The van der Waals surface area contributed by atoms with E-state index in [0.717, 1.165) is 42.7 Å². The Morgan fingerprint density at radius 2 is 1.56 bits per heavy atom. The van der Waals surface area contributed by atoms with E-state index in [1.807, 2.05) is 5.32 Å². The number of aromatic nitrogens is 1. The van der Waals surface area contributed by atoms with E-state index in [9.17, 15) is 49.9 Å². The van der Waals surface area contributed by atoms with Crippen molar-refractivity contribution in [3.8, 4) is 5.75 Å². The molecule has 7 nitrogen and oxygen atoms in total. The number of pyridine rings is 1. The van der Waals surface area contributed by atoms with Crippen LogP contribution >= 0.6 is 31.9 Å². The van der Waals surface area contributed by atoms with Gasteiger partial charge in [0.15, 0.2) is 24.0 Å². The third-order valence-corrected chi connectivity index (χ3v) is 6.42. The van der Waals surface area contributed by atoms with E-state index < -0.39 is 73.6 Å². The highest BCUT2D eigenvalue weighted by molar-refractivity contribution is 9.10. The summed E-state index contributed by atoms with van der Waals surface area (Å²) in [4.78, 5) is 19.9. The lowest BCUT2D eigenvalue weighted by molar-refractivity contribution is -0.605. The third kappa shape index (κ3) is 6.69. The summed E-state index contributed by atoms with van der Waals surface area (Å²) >= 11 is 3.93. The number of carbonyl (C=O) groups excluding carboxylic acids is 2. The van der Waals surface area contributed by atoms with Crippen LogP contribution in [0.15, 0.2) is 59.3 Å². The minimum Gasteiger partial charge on any atom is -0.619 e. The van der Waals surface area contributed by atoms with E-state index in [-0.39, 0.29) is 17.7 Å². The molecule has 0 saturated heterocycles. The van der Waals surface area contributed by atoms with Gasteiger partial charge in [-0.05, 0) is 56.1 Å². The van der Waals surface area contributed by atoms with Gasteiger partial charge in [0.05, 0.1) is 22.5 Å². The molecule has 41 heavy (non-hydrogen) atoms. The fourth-order valence-electron chi connectivity index (χ4n) is 3.32. The Morgan fingerprint density at radius 1 is 0.951 bits per heavy atom. The van der Waals surface area contributed by atoms with Crippen molar-refractivity contribution in [2.75, 3.05) is 10.6 Å². The molecule has 3 aromatic rings. The molecule has 1 atom stereocenters. The molecule has 0 aliphatic carbocycles. The molecule has 2 aromatic carbocycles. The highest BCUT2D eigenvalue weighted by atomic mass is 79.9. The number of ether oxygens (including phenoxy) is 1. The minimum absolute atomic E-state index is 0.0685. The smallest absolute Gasteiger partial charge is 0.433 e. The number of carbonyl (C=O) groups is 2. The molecule has 3 rings (SSSR count). The SMILES string of the molecule is O=C(Nc1cccc(C(=O)Nc2c(Br)cc(C(F)(C(F)(F)F)C(F)(F)Br)cc2OC(F)F)c1F)c1cc[n+]([O-])cc1. The maximum Gasteiger partial charge on any atom is 0.433 e. The van der Waals surface area contributed by atoms with E-state index in [1.165, 1.54) is 15.9 Å². The predicted octanol–water partition coefficient (Wildman–Crippen LogP) is 7.04. The summed E-state index contributed by atoms with van der Waals surface area (Å²) in [6.07, 6.45) is -4.30. The molecular weight excluding hydrogens is 713 g/mol. The molecule has 18 heteroatoms. The number of rotatable bonds is 8. The van der Waals surface area contributed by atoms with Crippen LogP contribution in [0, 0.1) is 11.0 Å². The molecule has 2 N–H and O–H groups in total. The number of hydrogen-bond donors (Lipinski definition) is 2. The van der Waals surface area contributed by atoms with Gasteiger partial charge in [0.2, 0.25) is 0 Å². The number of amides is 2. The first-order valence-corrected chi connectivity index (χ1v) is 12.2. The standard InChI is InChI=1S/C23H12Br2F9N3O4/c24-13-8-11(21(29,22(25,30)31)23(32,33)34)9-15(41-20(27)28)17(13)36-19(39)12-2-1-3-14(16(12)26)35-18(38)10-4-6-37(40)7-5-10/h1-9,20H,(H,35,38)(H,36,39). The van der Waals surface area contributed by atoms with Gasteiger partial charge < -0.3 is 20.6 Å². The molecule has 0 aliphatic heterocycles. The Morgan fingerprint density at radius 3 is 2.10 bits per heavy atom. The summed E-state index contributed by atoms with van der Waals surface area (Å²) in [6.45, 7) is -3.79. The molecule has 0 spiro atoms. The highest BCUT2D eigenvalue weighted by Crippen LogP contribution is 2.56. The van der Waals surface area contributed by atoms with Crippen molar-refractivity contribution >= 4 is 55.0 Å². The zero-order valence-electron chi connectivity index (χ0n) is 19.5. The maximum absolute atomic E-state index is 15.1. The maximum atomic E-state index is 15.1. The largest absolute Gasteiger partial charge is 0.619 e. The molecule has 0 radical (unpaired) electrons. The number of nitrogens with one attached hydrogen (secondary N) is 2. The fraction of sp³-hybridized carbons (Fsp3) is 0.174. The summed E-state index contributed by atoms with van der Waals surface area (Å²) in [5, 5.41) is 15.1. The summed E-state index contributed by atoms with van der Waals surface area (Å²) in [5.41, 5.74) is -9.67. The van der Waals surface area contributed by atoms with Gasteiger partial charge in [-0.3, -0.25) is 9.59 Å². The van der Waals surface area contributed by atoms with Gasteiger partial charge in [0.25, 0.3) is 11.8 Å². The molecule has 0 fully saturated rings. The van der Waals surface area contributed by atoms with Crippen LogP contribution in [0.1, 0.15) is 26.3 Å². The van der Waals surface area contributed by atoms with Crippen LogP contribution in [0.4, 0.5) is 50.9 Å². The molecule has 1 unspecified atom stereocenters. The van der Waals surface area contributed by atoms with Gasteiger partial charge in [0, 0.05) is 22.2 Å². The van der Waals surface area contributed by atoms with Crippen molar-refractivity contribution in [2.45, 2.75) is 23.3 Å². The Kier molecular flexibility index (Phi) is 9.17. The zero-order valence-corrected chi connectivity index (χ0v) is 22.7. The molecule has 0 aliphatic rings. The Labute approximate surface area is 240 Å². The first-order chi connectivity index (χ1) is 18.9.